The molecule has 2 N–H and O–H groups in total. The van der Waals surface area contributed by atoms with Gasteiger partial charge in [-0.3, -0.25) is 0 Å². The van der Waals surface area contributed by atoms with Crippen molar-refractivity contribution in [2.24, 2.45) is 0 Å². The lowest BCUT2D eigenvalue weighted by Gasteiger charge is -2.09. The van der Waals surface area contributed by atoms with Crippen molar-refractivity contribution < 1.29 is 8.42 Å². The zero-order valence-electron chi connectivity index (χ0n) is 9.81. The van der Waals surface area contributed by atoms with E-state index in [9.17, 15) is 8.42 Å². The molecule has 2 aromatic carbocycles. The van der Waals surface area contributed by atoms with Crippen molar-refractivity contribution in [3.8, 4) is 0 Å². The second kappa shape index (κ2) is 5.53. The molecule has 100 valence electrons. The van der Waals surface area contributed by atoms with Crippen LogP contribution in [0.5, 0.6) is 0 Å². The van der Waals surface area contributed by atoms with Gasteiger partial charge in [-0.2, -0.15) is 0 Å². The molecule has 0 heterocycles. The summed E-state index contributed by atoms with van der Waals surface area (Å²) < 4.78 is 25.3. The topological polar surface area (TPSA) is 60.2 Å². The number of rotatable bonds is 3. The first kappa shape index (κ1) is 14.4. The first-order valence-corrected chi connectivity index (χ1v) is 8.24. The average molecular weight is 361 g/mol. The van der Waals surface area contributed by atoms with Gasteiger partial charge in [0.2, 0.25) is 0 Å². The second-order valence-electron chi connectivity index (χ2n) is 4.01. The van der Waals surface area contributed by atoms with Crippen LogP contribution in [-0.4, -0.2) is 8.42 Å². The van der Waals surface area contributed by atoms with E-state index in [1.807, 2.05) is 0 Å². The van der Waals surface area contributed by atoms with E-state index in [2.05, 4.69) is 15.9 Å². The Morgan fingerprint density at radius 3 is 2.47 bits per heavy atom. The maximum absolute atomic E-state index is 12.3. The summed E-state index contributed by atoms with van der Waals surface area (Å²) in [4.78, 5) is 0.131. The highest BCUT2D eigenvalue weighted by Crippen LogP contribution is 2.29. The fourth-order valence-corrected chi connectivity index (χ4v) is 4.23. The van der Waals surface area contributed by atoms with Crippen molar-refractivity contribution in [2.75, 3.05) is 5.73 Å². The molecule has 0 atom stereocenters. The van der Waals surface area contributed by atoms with Crippen molar-refractivity contribution in [1.29, 1.82) is 0 Å². The van der Waals surface area contributed by atoms with Crippen LogP contribution in [0.15, 0.2) is 51.8 Å². The van der Waals surface area contributed by atoms with Gasteiger partial charge >= 0.3 is 0 Å². The van der Waals surface area contributed by atoms with E-state index in [1.54, 1.807) is 36.4 Å². The summed E-state index contributed by atoms with van der Waals surface area (Å²) in [5.74, 6) is -0.150. The molecule has 0 amide bonds. The molecule has 0 aliphatic heterocycles. The van der Waals surface area contributed by atoms with E-state index < -0.39 is 9.84 Å². The molecule has 3 nitrogen and oxygen atoms in total. The maximum Gasteiger partial charge on any atom is 0.184 e. The van der Waals surface area contributed by atoms with Gasteiger partial charge in [-0.1, -0.05) is 35.9 Å². The number of sulfone groups is 1. The second-order valence-corrected chi connectivity index (χ2v) is 7.17. The lowest BCUT2D eigenvalue weighted by Crippen LogP contribution is -2.06. The van der Waals surface area contributed by atoms with Gasteiger partial charge in [0, 0.05) is 10.2 Å². The van der Waals surface area contributed by atoms with Crippen LogP contribution in [-0.2, 0) is 15.6 Å². The fourth-order valence-electron chi connectivity index (χ4n) is 1.69. The minimum atomic E-state index is -3.50. The molecule has 2 aromatic rings. The highest BCUT2D eigenvalue weighted by Gasteiger charge is 2.20. The summed E-state index contributed by atoms with van der Waals surface area (Å²) in [5.41, 5.74) is 6.86. The van der Waals surface area contributed by atoms with E-state index >= 15 is 0 Å². The number of halogens is 2. The van der Waals surface area contributed by atoms with E-state index in [1.165, 1.54) is 6.07 Å². The standard InChI is InChI=1S/C13H11BrClNO2S/c14-13-9(4-3-6-11(13)16)8-19(17,18)12-7-2-1-5-10(12)15/h1-7H,8,16H2. The molecular formula is C13H11BrClNO2S. The number of hydrogen-bond acceptors (Lipinski definition) is 3. The Labute approximate surface area is 125 Å². The predicted octanol–water partition coefficient (Wildman–Crippen LogP) is 3.66. The molecule has 0 saturated heterocycles. The Morgan fingerprint density at radius 1 is 1.11 bits per heavy atom. The third kappa shape index (κ3) is 3.11. The number of hydrogen-bond donors (Lipinski definition) is 1. The maximum atomic E-state index is 12.3. The van der Waals surface area contributed by atoms with Crippen LogP contribution in [0.2, 0.25) is 5.02 Å². The molecule has 0 radical (unpaired) electrons. The molecule has 2 rings (SSSR count). The molecule has 0 spiro atoms. The molecule has 0 unspecified atom stereocenters. The van der Waals surface area contributed by atoms with Gasteiger partial charge in [0.25, 0.3) is 0 Å². The average Bonchev–Trinajstić information content (AvgIpc) is 2.35. The zero-order valence-corrected chi connectivity index (χ0v) is 13.0. The van der Waals surface area contributed by atoms with Crippen LogP contribution in [0.25, 0.3) is 0 Å². The number of benzene rings is 2. The van der Waals surface area contributed by atoms with Gasteiger partial charge < -0.3 is 5.73 Å². The normalized spacial score (nSPS) is 11.5. The summed E-state index contributed by atoms with van der Waals surface area (Å²) in [6.07, 6.45) is 0. The van der Waals surface area contributed by atoms with E-state index in [4.69, 9.17) is 17.3 Å². The zero-order chi connectivity index (χ0) is 14.0. The van der Waals surface area contributed by atoms with E-state index in [0.717, 1.165) is 0 Å². The molecule has 6 heteroatoms. The van der Waals surface area contributed by atoms with Gasteiger partial charge in [-0.25, -0.2) is 8.42 Å². The third-order valence-corrected chi connectivity index (χ3v) is 5.75. The molecular weight excluding hydrogens is 350 g/mol. The number of nitrogen functional groups attached to an aromatic ring is 1. The molecule has 0 aliphatic rings. The SMILES string of the molecule is Nc1cccc(CS(=O)(=O)c2ccccc2Cl)c1Br. The summed E-state index contributed by atoms with van der Waals surface area (Å²) in [6, 6.07) is 11.5. The van der Waals surface area contributed by atoms with Crippen LogP contribution in [0.3, 0.4) is 0 Å². The molecule has 19 heavy (non-hydrogen) atoms. The van der Waals surface area contributed by atoms with Crippen molar-refractivity contribution in [1.82, 2.24) is 0 Å². The van der Waals surface area contributed by atoms with Gasteiger partial charge in [-0.15, -0.1) is 0 Å². The quantitative estimate of drug-likeness (QED) is 0.850. The minimum absolute atomic E-state index is 0.131. The van der Waals surface area contributed by atoms with Gasteiger partial charge in [0.15, 0.2) is 9.84 Å². The van der Waals surface area contributed by atoms with Crippen LogP contribution >= 0.6 is 27.5 Å². The summed E-state index contributed by atoms with van der Waals surface area (Å²) in [7, 11) is -3.50. The summed E-state index contributed by atoms with van der Waals surface area (Å²) >= 11 is 9.23. The number of anilines is 1. The Kier molecular flexibility index (Phi) is 4.18. The smallest absolute Gasteiger partial charge is 0.184 e. The summed E-state index contributed by atoms with van der Waals surface area (Å²) in [5, 5.41) is 0.225. The monoisotopic (exact) mass is 359 g/mol. The fraction of sp³-hybridized carbons (Fsp3) is 0.0769. The van der Waals surface area contributed by atoms with Gasteiger partial charge in [0.05, 0.1) is 15.7 Å². The first-order valence-electron chi connectivity index (χ1n) is 5.42. The Morgan fingerprint density at radius 2 is 1.79 bits per heavy atom. The van der Waals surface area contributed by atoms with E-state index in [0.29, 0.717) is 15.7 Å². The third-order valence-electron chi connectivity index (χ3n) is 2.63. The van der Waals surface area contributed by atoms with Crippen LogP contribution in [0.1, 0.15) is 5.56 Å². The van der Waals surface area contributed by atoms with Crippen molar-refractivity contribution in [2.45, 2.75) is 10.6 Å². The largest absolute Gasteiger partial charge is 0.398 e. The molecule has 0 aliphatic carbocycles. The highest BCUT2D eigenvalue weighted by atomic mass is 79.9. The van der Waals surface area contributed by atoms with E-state index in [-0.39, 0.29) is 15.7 Å². The van der Waals surface area contributed by atoms with Crippen molar-refractivity contribution in [3.63, 3.8) is 0 Å². The molecule has 0 saturated carbocycles. The lowest BCUT2D eigenvalue weighted by atomic mass is 10.2. The van der Waals surface area contributed by atoms with Crippen LogP contribution < -0.4 is 5.73 Å². The van der Waals surface area contributed by atoms with Gasteiger partial charge in [0.1, 0.15) is 0 Å². The highest BCUT2D eigenvalue weighted by molar-refractivity contribution is 9.10. The van der Waals surface area contributed by atoms with Crippen LogP contribution in [0.4, 0.5) is 5.69 Å². The molecule has 0 bridgehead atoms. The summed E-state index contributed by atoms with van der Waals surface area (Å²) in [6.45, 7) is 0. The Balaban J connectivity index is 2.43. The predicted molar refractivity (Wildman–Crippen MR) is 80.9 cm³/mol. The lowest BCUT2D eigenvalue weighted by molar-refractivity contribution is 0.595. The Hall–Kier alpha value is -1.04. The minimum Gasteiger partial charge on any atom is -0.398 e. The van der Waals surface area contributed by atoms with Gasteiger partial charge in [-0.05, 0) is 39.7 Å². The Bertz CT molecular complexity index is 716. The van der Waals surface area contributed by atoms with Crippen molar-refractivity contribution in [3.05, 3.63) is 57.5 Å². The first-order chi connectivity index (χ1) is 8.92. The number of nitrogens with two attached hydrogens (primary N) is 1. The molecule has 0 fully saturated rings. The molecule has 0 aromatic heterocycles. The van der Waals surface area contributed by atoms with Crippen molar-refractivity contribution >= 4 is 43.1 Å². The van der Waals surface area contributed by atoms with Crippen LogP contribution in [0, 0.1) is 0 Å².